The highest BCUT2D eigenvalue weighted by Crippen LogP contribution is 2.42. The number of ether oxygens (including phenoxy) is 2. The van der Waals surface area contributed by atoms with Crippen LogP contribution in [0.2, 0.25) is 0 Å². The van der Waals surface area contributed by atoms with Crippen LogP contribution in [-0.2, 0) is 0 Å². The summed E-state index contributed by atoms with van der Waals surface area (Å²) in [4.78, 5) is 9.06. The van der Waals surface area contributed by atoms with Gasteiger partial charge in [0.15, 0.2) is 0 Å². The largest absolute Gasteiger partial charge is 0.457 e. The molecule has 5 nitrogen and oxygen atoms in total. The quantitative estimate of drug-likeness (QED) is 0.140. The molecule has 0 saturated heterocycles. The zero-order chi connectivity index (χ0) is 37.7. The SMILES string of the molecule is CN1C=CN(c2cccc(Oc3cccc(-c4cc(-c5cccc(Oc6cccc(-c7c(-c8ccccc8)cccc7-c7ccccc7)c6)c5)ccn4)c3)c2)C1. The second kappa shape index (κ2) is 15.5. The first-order valence-electron chi connectivity index (χ1n) is 18.8. The van der Waals surface area contributed by atoms with Gasteiger partial charge in [0.1, 0.15) is 23.0 Å². The maximum atomic E-state index is 6.59. The standard InChI is InChI=1S/C51H39N3O2/c1-53-29-30-54(36-53)43-20-11-24-47(35-43)56-45-22-9-18-41(32-45)50-34-40(27-28-52-50)39-17-8-21-44(31-39)55-46-23-10-19-42(33-46)51-48(37-13-4-2-5-14-37)25-12-26-49(51)38-15-6-3-7-16-38/h2-35H,36H2,1H3. The van der Waals surface area contributed by atoms with E-state index < -0.39 is 0 Å². The van der Waals surface area contributed by atoms with E-state index in [0.717, 1.165) is 63.3 Å². The smallest absolute Gasteiger partial charge is 0.129 e. The van der Waals surface area contributed by atoms with E-state index in [4.69, 9.17) is 14.5 Å². The zero-order valence-corrected chi connectivity index (χ0v) is 31.0. The van der Waals surface area contributed by atoms with Gasteiger partial charge >= 0.3 is 0 Å². The molecule has 1 aliphatic heterocycles. The molecular formula is C51H39N3O2. The van der Waals surface area contributed by atoms with E-state index in [1.54, 1.807) is 0 Å². The Balaban J connectivity index is 0.971. The summed E-state index contributed by atoms with van der Waals surface area (Å²) >= 11 is 0. The molecule has 9 rings (SSSR count). The number of aromatic nitrogens is 1. The third-order valence-corrected chi connectivity index (χ3v) is 9.91. The van der Waals surface area contributed by atoms with Crippen molar-refractivity contribution in [2.45, 2.75) is 0 Å². The van der Waals surface area contributed by atoms with Crippen molar-refractivity contribution in [2.75, 3.05) is 18.6 Å². The van der Waals surface area contributed by atoms with Gasteiger partial charge < -0.3 is 19.3 Å². The van der Waals surface area contributed by atoms with Crippen molar-refractivity contribution in [1.82, 2.24) is 9.88 Å². The highest BCUT2D eigenvalue weighted by molar-refractivity contribution is 5.94. The van der Waals surface area contributed by atoms with Crippen LogP contribution in [0.5, 0.6) is 23.0 Å². The topological polar surface area (TPSA) is 37.8 Å². The van der Waals surface area contributed by atoms with Crippen molar-refractivity contribution >= 4 is 5.69 Å². The molecule has 0 spiro atoms. The minimum atomic E-state index is 0.751. The number of hydrogen-bond acceptors (Lipinski definition) is 5. The third kappa shape index (κ3) is 7.52. The molecule has 1 aromatic heterocycles. The van der Waals surface area contributed by atoms with Gasteiger partial charge in [-0.05, 0) is 105 Å². The molecular weight excluding hydrogens is 687 g/mol. The Labute approximate surface area is 328 Å². The molecule has 270 valence electrons. The highest BCUT2D eigenvalue weighted by Gasteiger charge is 2.16. The summed E-state index contributed by atoms with van der Waals surface area (Å²) in [5, 5.41) is 0. The fourth-order valence-corrected chi connectivity index (χ4v) is 7.22. The molecule has 0 amide bonds. The monoisotopic (exact) mass is 725 g/mol. The van der Waals surface area contributed by atoms with Crippen molar-refractivity contribution in [3.8, 4) is 78.8 Å². The van der Waals surface area contributed by atoms with Crippen molar-refractivity contribution in [3.05, 3.63) is 207 Å². The molecule has 7 aromatic carbocycles. The number of pyridine rings is 1. The van der Waals surface area contributed by atoms with Crippen LogP contribution in [0.1, 0.15) is 0 Å². The number of anilines is 1. The summed E-state index contributed by atoms with van der Waals surface area (Å²) < 4.78 is 12.9. The number of rotatable bonds is 10. The van der Waals surface area contributed by atoms with Gasteiger partial charge in [0.25, 0.3) is 0 Å². The van der Waals surface area contributed by atoms with Crippen LogP contribution in [0.15, 0.2) is 207 Å². The Hall–Kier alpha value is -7.37. The molecule has 0 fully saturated rings. The Morgan fingerprint density at radius 3 is 1.55 bits per heavy atom. The fraction of sp³-hybridized carbons (Fsp3) is 0.0392. The van der Waals surface area contributed by atoms with Gasteiger partial charge in [-0.15, -0.1) is 0 Å². The molecule has 56 heavy (non-hydrogen) atoms. The van der Waals surface area contributed by atoms with Crippen LogP contribution in [-0.4, -0.2) is 23.6 Å². The van der Waals surface area contributed by atoms with Gasteiger partial charge in [0.2, 0.25) is 0 Å². The molecule has 0 unspecified atom stereocenters. The van der Waals surface area contributed by atoms with Crippen LogP contribution < -0.4 is 14.4 Å². The first kappa shape index (κ1) is 34.4. The molecule has 0 atom stereocenters. The van der Waals surface area contributed by atoms with E-state index in [1.807, 2.05) is 60.8 Å². The number of hydrogen-bond donors (Lipinski definition) is 0. The lowest BCUT2D eigenvalue weighted by Gasteiger charge is -2.19. The van der Waals surface area contributed by atoms with Crippen LogP contribution in [0, 0.1) is 0 Å². The average Bonchev–Trinajstić information content (AvgIpc) is 3.70. The normalized spacial score (nSPS) is 12.2. The predicted octanol–water partition coefficient (Wildman–Crippen LogP) is 13.2. The number of benzene rings is 7. The average molecular weight is 726 g/mol. The molecule has 2 heterocycles. The van der Waals surface area contributed by atoms with Crippen LogP contribution >= 0.6 is 0 Å². The summed E-state index contributed by atoms with van der Waals surface area (Å²) in [7, 11) is 2.06. The molecule has 0 radical (unpaired) electrons. The Kier molecular flexibility index (Phi) is 9.55. The van der Waals surface area contributed by atoms with Gasteiger partial charge in [-0.25, -0.2) is 0 Å². The second-order valence-corrected chi connectivity index (χ2v) is 13.8. The zero-order valence-electron chi connectivity index (χ0n) is 31.0. The van der Waals surface area contributed by atoms with E-state index in [-0.39, 0.29) is 0 Å². The van der Waals surface area contributed by atoms with Gasteiger partial charge in [0.05, 0.1) is 12.4 Å². The lowest BCUT2D eigenvalue weighted by molar-refractivity contribution is 0.481. The third-order valence-electron chi connectivity index (χ3n) is 9.91. The highest BCUT2D eigenvalue weighted by atomic mass is 16.5. The lowest BCUT2D eigenvalue weighted by Crippen LogP contribution is -2.21. The van der Waals surface area contributed by atoms with E-state index in [2.05, 4.69) is 163 Å². The molecule has 8 aromatic rings. The summed E-state index contributed by atoms with van der Waals surface area (Å²) in [5.41, 5.74) is 11.9. The molecule has 0 saturated carbocycles. The minimum absolute atomic E-state index is 0.751. The Morgan fingerprint density at radius 1 is 0.429 bits per heavy atom. The van der Waals surface area contributed by atoms with Crippen molar-refractivity contribution < 1.29 is 9.47 Å². The van der Waals surface area contributed by atoms with Crippen LogP contribution in [0.4, 0.5) is 5.69 Å². The van der Waals surface area contributed by atoms with Crippen LogP contribution in [0.25, 0.3) is 55.8 Å². The molecule has 1 aliphatic rings. The van der Waals surface area contributed by atoms with Crippen LogP contribution in [0.3, 0.4) is 0 Å². The van der Waals surface area contributed by atoms with Gasteiger partial charge in [-0.2, -0.15) is 0 Å². The fourth-order valence-electron chi connectivity index (χ4n) is 7.22. The summed E-state index contributed by atoms with van der Waals surface area (Å²) in [5.74, 6) is 3.06. The first-order chi connectivity index (χ1) is 27.6. The van der Waals surface area contributed by atoms with Gasteiger partial charge in [-0.3, -0.25) is 4.98 Å². The summed E-state index contributed by atoms with van der Waals surface area (Å²) in [6, 6.07) is 64.7. The summed E-state index contributed by atoms with van der Waals surface area (Å²) in [6.45, 7) is 0.809. The number of nitrogens with zero attached hydrogens (tertiary/aromatic N) is 3. The van der Waals surface area contributed by atoms with E-state index >= 15 is 0 Å². The Bertz CT molecular complexity index is 2600. The first-order valence-corrected chi connectivity index (χ1v) is 18.8. The minimum Gasteiger partial charge on any atom is -0.457 e. The molecule has 5 heteroatoms. The van der Waals surface area contributed by atoms with E-state index in [9.17, 15) is 0 Å². The van der Waals surface area contributed by atoms with Crippen molar-refractivity contribution in [3.63, 3.8) is 0 Å². The Morgan fingerprint density at radius 2 is 0.929 bits per heavy atom. The predicted molar refractivity (Wildman–Crippen MR) is 229 cm³/mol. The molecule has 0 bridgehead atoms. The molecule has 0 N–H and O–H groups in total. The van der Waals surface area contributed by atoms with E-state index in [0.29, 0.717) is 0 Å². The lowest BCUT2D eigenvalue weighted by atomic mass is 9.87. The maximum absolute atomic E-state index is 6.59. The van der Waals surface area contributed by atoms with Crippen molar-refractivity contribution in [2.24, 2.45) is 0 Å². The van der Waals surface area contributed by atoms with E-state index in [1.165, 1.54) is 27.8 Å². The van der Waals surface area contributed by atoms with Crippen molar-refractivity contribution in [1.29, 1.82) is 0 Å². The summed E-state index contributed by atoms with van der Waals surface area (Å²) in [6.07, 6.45) is 6.00. The molecule has 0 aliphatic carbocycles. The van der Waals surface area contributed by atoms with Gasteiger partial charge in [-0.1, -0.05) is 121 Å². The second-order valence-electron chi connectivity index (χ2n) is 13.8. The van der Waals surface area contributed by atoms with Gasteiger partial charge in [0, 0.05) is 43.0 Å². The maximum Gasteiger partial charge on any atom is 0.129 e.